The Labute approximate surface area is 152 Å². The number of carbonyl (C=O) groups is 1. The Morgan fingerprint density at radius 3 is 2.88 bits per heavy atom. The number of benzene rings is 2. The van der Waals surface area contributed by atoms with Crippen molar-refractivity contribution in [1.82, 2.24) is 9.78 Å². The number of ether oxygens (including phenoxy) is 1. The fraction of sp³-hybridized carbons (Fsp3) is 0.158. The first-order valence-electron chi connectivity index (χ1n) is 8.13. The molecule has 0 spiro atoms. The smallest absolute Gasteiger partial charge is 0.359 e. The molecule has 1 atom stereocenters. The number of hydrogen-bond acceptors (Lipinski definition) is 4. The van der Waals surface area contributed by atoms with Crippen molar-refractivity contribution in [3.8, 4) is 16.9 Å². The highest BCUT2D eigenvalue weighted by Crippen LogP contribution is 2.40. The minimum Gasteiger partial charge on any atom is -0.611 e. The summed E-state index contributed by atoms with van der Waals surface area (Å²) >= 11 is -1.29. The first-order chi connectivity index (χ1) is 12.6. The van der Waals surface area contributed by atoms with Gasteiger partial charge in [-0.3, -0.25) is 0 Å². The maximum Gasteiger partial charge on any atom is 0.359 e. The van der Waals surface area contributed by atoms with Crippen LogP contribution in [0.3, 0.4) is 0 Å². The van der Waals surface area contributed by atoms with Gasteiger partial charge in [0.15, 0.2) is 10.6 Å². The average Bonchev–Trinajstić information content (AvgIpc) is 3.02. The van der Waals surface area contributed by atoms with Gasteiger partial charge in [0.1, 0.15) is 11.6 Å². The molecule has 1 aliphatic heterocycles. The highest BCUT2D eigenvalue weighted by atomic mass is 32.2. The maximum absolute atomic E-state index is 13.7. The molecule has 0 radical (unpaired) electrons. The summed E-state index contributed by atoms with van der Waals surface area (Å²) in [6.07, 6.45) is 0. The van der Waals surface area contributed by atoms with Gasteiger partial charge in [-0.1, -0.05) is 18.2 Å². The molecule has 1 aromatic heterocycles. The van der Waals surface area contributed by atoms with Gasteiger partial charge in [0.05, 0.1) is 29.1 Å². The average molecular weight is 370 g/mol. The lowest BCUT2D eigenvalue weighted by Crippen LogP contribution is -2.16. The molecule has 7 heteroatoms. The molecule has 5 nitrogen and oxygen atoms in total. The molecule has 3 aromatic rings. The highest BCUT2D eigenvalue weighted by molar-refractivity contribution is 7.90. The Morgan fingerprint density at radius 1 is 1.31 bits per heavy atom. The summed E-state index contributed by atoms with van der Waals surface area (Å²) in [6, 6.07) is 13.2. The molecule has 26 heavy (non-hydrogen) atoms. The number of hydrogen-bond donors (Lipinski definition) is 0. The zero-order valence-corrected chi connectivity index (χ0v) is 14.8. The van der Waals surface area contributed by atoms with Crippen molar-refractivity contribution < 1.29 is 18.5 Å². The molecule has 1 unspecified atom stereocenters. The van der Waals surface area contributed by atoms with E-state index < -0.39 is 23.0 Å². The van der Waals surface area contributed by atoms with Crippen LogP contribution < -0.4 is 0 Å². The number of aromatic nitrogens is 2. The van der Waals surface area contributed by atoms with Gasteiger partial charge in [0, 0.05) is 0 Å². The van der Waals surface area contributed by atoms with Crippen LogP contribution in [0.4, 0.5) is 4.39 Å². The van der Waals surface area contributed by atoms with Gasteiger partial charge >= 0.3 is 5.97 Å². The molecule has 2 aromatic carbocycles. The van der Waals surface area contributed by atoms with Gasteiger partial charge in [-0.25, -0.2) is 13.9 Å². The third kappa shape index (κ3) is 2.69. The summed E-state index contributed by atoms with van der Waals surface area (Å²) < 4.78 is 33.0. The summed E-state index contributed by atoms with van der Waals surface area (Å²) in [6.45, 7) is 1.92. The van der Waals surface area contributed by atoms with Gasteiger partial charge in [0.25, 0.3) is 0 Å². The minimum atomic E-state index is -1.29. The lowest BCUT2D eigenvalue weighted by Gasteiger charge is -2.21. The van der Waals surface area contributed by atoms with E-state index in [1.807, 2.05) is 18.2 Å². The first-order valence-corrected chi connectivity index (χ1v) is 9.44. The Morgan fingerprint density at radius 2 is 2.12 bits per heavy atom. The summed E-state index contributed by atoms with van der Waals surface area (Å²) in [5.41, 5.74) is 2.53. The summed E-state index contributed by atoms with van der Waals surface area (Å²) in [7, 11) is 0. The molecule has 0 aliphatic carbocycles. The van der Waals surface area contributed by atoms with E-state index in [0.717, 1.165) is 5.56 Å². The molecule has 0 bridgehead atoms. The Kier molecular flexibility index (Phi) is 4.26. The largest absolute Gasteiger partial charge is 0.611 e. The van der Waals surface area contributed by atoms with Crippen LogP contribution in [0.15, 0.2) is 53.4 Å². The van der Waals surface area contributed by atoms with Crippen LogP contribution in [0, 0.1) is 5.82 Å². The summed E-state index contributed by atoms with van der Waals surface area (Å²) in [5.74, 6) is -0.817. The molecule has 4 rings (SSSR count). The van der Waals surface area contributed by atoms with Crippen LogP contribution in [-0.4, -0.2) is 26.9 Å². The summed E-state index contributed by atoms with van der Waals surface area (Å²) in [4.78, 5) is 13.0. The molecule has 2 heterocycles. The zero-order valence-electron chi connectivity index (χ0n) is 13.9. The van der Waals surface area contributed by atoms with E-state index in [1.54, 1.807) is 25.1 Å². The van der Waals surface area contributed by atoms with Gasteiger partial charge in [0.2, 0.25) is 0 Å². The predicted molar refractivity (Wildman–Crippen MR) is 95.0 cm³/mol. The molecule has 0 N–H and O–H groups in total. The van der Waals surface area contributed by atoms with Crippen LogP contribution in [-0.2, 0) is 21.7 Å². The molecule has 0 saturated heterocycles. The molecule has 1 aliphatic rings. The Hall–Kier alpha value is -2.64. The highest BCUT2D eigenvalue weighted by Gasteiger charge is 2.36. The van der Waals surface area contributed by atoms with Crippen LogP contribution >= 0.6 is 0 Å². The topological polar surface area (TPSA) is 67.2 Å². The van der Waals surface area contributed by atoms with Crippen molar-refractivity contribution in [2.45, 2.75) is 17.6 Å². The SMILES string of the molecule is CCOC(=O)c1nn(-c2cccc(F)c2)c2c1C[S+]([O-])c1ccccc1-2. The second-order valence-corrected chi connectivity index (χ2v) is 7.19. The third-order valence-corrected chi connectivity index (χ3v) is 5.57. The van der Waals surface area contributed by atoms with E-state index in [4.69, 9.17) is 4.74 Å². The quantitative estimate of drug-likeness (QED) is 0.523. The fourth-order valence-corrected chi connectivity index (χ4v) is 4.42. The van der Waals surface area contributed by atoms with Crippen LogP contribution in [0.25, 0.3) is 16.9 Å². The van der Waals surface area contributed by atoms with Crippen LogP contribution in [0.1, 0.15) is 23.0 Å². The van der Waals surface area contributed by atoms with Crippen molar-refractivity contribution in [2.24, 2.45) is 0 Å². The number of nitrogens with zero attached hydrogens (tertiary/aromatic N) is 2. The fourth-order valence-electron chi connectivity index (χ4n) is 3.09. The van der Waals surface area contributed by atoms with E-state index in [1.165, 1.54) is 16.8 Å². The first kappa shape index (κ1) is 16.8. The molecule has 0 fully saturated rings. The maximum atomic E-state index is 13.7. The van der Waals surface area contributed by atoms with Crippen molar-refractivity contribution in [1.29, 1.82) is 0 Å². The minimum absolute atomic E-state index is 0.119. The lowest BCUT2D eigenvalue weighted by atomic mass is 10.1. The van der Waals surface area contributed by atoms with Crippen molar-refractivity contribution in [2.75, 3.05) is 6.61 Å². The number of halogens is 1. The second kappa shape index (κ2) is 6.59. The number of carbonyl (C=O) groups excluding carboxylic acids is 1. The molecule has 0 saturated carbocycles. The van der Waals surface area contributed by atoms with Crippen molar-refractivity contribution in [3.63, 3.8) is 0 Å². The Balaban J connectivity index is 2.00. The Bertz CT molecular complexity index is 1000. The second-order valence-electron chi connectivity index (χ2n) is 5.77. The van der Waals surface area contributed by atoms with Crippen LogP contribution in [0.2, 0.25) is 0 Å². The van der Waals surface area contributed by atoms with Gasteiger partial charge in [-0.15, -0.1) is 0 Å². The van der Waals surface area contributed by atoms with Gasteiger partial charge in [-0.05, 0) is 48.4 Å². The van der Waals surface area contributed by atoms with Crippen LogP contribution in [0.5, 0.6) is 0 Å². The van der Waals surface area contributed by atoms with E-state index in [9.17, 15) is 13.7 Å². The standard InChI is InChI=1S/C19H15FN2O3S/c1-2-25-19(23)17-15-11-26(24)16-9-4-3-8-14(16)18(15)22(21-17)13-7-5-6-12(20)10-13/h3-10H,2,11H2,1H3. The van der Waals surface area contributed by atoms with Crippen molar-refractivity contribution >= 4 is 17.1 Å². The predicted octanol–water partition coefficient (Wildman–Crippen LogP) is 3.48. The molecule has 0 amide bonds. The third-order valence-electron chi connectivity index (χ3n) is 4.17. The lowest BCUT2D eigenvalue weighted by molar-refractivity contribution is 0.0518. The van der Waals surface area contributed by atoms with Crippen molar-refractivity contribution in [3.05, 3.63) is 65.6 Å². The number of esters is 1. The zero-order chi connectivity index (χ0) is 18.3. The number of fused-ring (bicyclic) bond motifs is 3. The molecule has 132 valence electrons. The number of rotatable bonds is 3. The van der Waals surface area contributed by atoms with Gasteiger partial charge in [-0.2, -0.15) is 5.10 Å². The summed E-state index contributed by atoms with van der Waals surface area (Å²) in [5, 5.41) is 4.40. The normalized spacial score (nSPS) is 15.3. The van der Waals surface area contributed by atoms with E-state index in [2.05, 4.69) is 5.10 Å². The molecular weight excluding hydrogens is 355 g/mol. The van der Waals surface area contributed by atoms with E-state index in [0.29, 0.717) is 21.8 Å². The molecular formula is C19H15FN2O3S. The van der Waals surface area contributed by atoms with E-state index in [-0.39, 0.29) is 18.1 Å². The monoisotopic (exact) mass is 370 g/mol. The van der Waals surface area contributed by atoms with E-state index >= 15 is 0 Å². The van der Waals surface area contributed by atoms with Gasteiger partial charge < -0.3 is 9.29 Å².